The molecule has 4 heteroatoms. The highest BCUT2D eigenvalue weighted by Crippen LogP contribution is 2.22. The quantitative estimate of drug-likeness (QED) is 0.615. The van der Waals surface area contributed by atoms with Crippen molar-refractivity contribution in [2.24, 2.45) is 9.98 Å². The van der Waals surface area contributed by atoms with Gasteiger partial charge in [-0.25, -0.2) is 9.98 Å². The molecule has 2 aromatic carbocycles. The van der Waals surface area contributed by atoms with Crippen molar-refractivity contribution in [2.75, 3.05) is 0 Å². The number of nitrogens with zero attached hydrogens (tertiary/aromatic N) is 2. The van der Waals surface area contributed by atoms with Crippen LogP contribution in [0.2, 0.25) is 0 Å². The van der Waals surface area contributed by atoms with E-state index < -0.39 is 0 Å². The molecule has 4 nitrogen and oxygen atoms in total. The Labute approximate surface area is 159 Å². The molecule has 27 heavy (non-hydrogen) atoms. The van der Waals surface area contributed by atoms with E-state index in [1.165, 1.54) is 11.6 Å². The fourth-order valence-electron chi connectivity index (χ4n) is 2.68. The van der Waals surface area contributed by atoms with E-state index in [1.807, 2.05) is 67.6 Å². The van der Waals surface area contributed by atoms with Crippen molar-refractivity contribution in [1.29, 1.82) is 0 Å². The summed E-state index contributed by atoms with van der Waals surface area (Å²) in [6.45, 7) is 7.58. The number of amides is 1. The Bertz CT molecular complexity index is 996. The molecule has 3 rings (SSSR count). The van der Waals surface area contributed by atoms with Crippen LogP contribution in [0.1, 0.15) is 11.1 Å². The van der Waals surface area contributed by atoms with E-state index in [0.717, 1.165) is 22.6 Å². The first-order valence-electron chi connectivity index (χ1n) is 8.68. The zero-order chi connectivity index (χ0) is 19.2. The van der Waals surface area contributed by atoms with Gasteiger partial charge in [0.05, 0.1) is 22.8 Å². The lowest BCUT2D eigenvalue weighted by atomic mass is 10.1. The molecule has 0 saturated heterocycles. The fourth-order valence-corrected chi connectivity index (χ4v) is 2.68. The summed E-state index contributed by atoms with van der Waals surface area (Å²) in [6, 6.07) is 15.8. The third kappa shape index (κ3) is 4.76. The van der Waals surface area contributed by atoms with Crippen LogP contribution in [0.4, 0.5) is 11.4 Å². The van der Waals surface area contributed by atoms with Gasteiger partial charge < -0.3 is 5.32 Å². The standard InChI is InChI=1S/C23H21N3O/c1-4-23(27)25-19-11-13-21(26-20-12-10-16(2)14-17(20)3)22(15-19)24-18-8-6-5-7-9-18/h4-15H,1H2,2-3H3,(H,25,27). The van der Waals surface area contributed by atoms with Crippen molar-refractivity contribution in [1.82, 2.24) is 5.32 Å². The van der Waals surface area contributed by atoms with Gasteiger partial charge >= 0.3 is 0 Å². The molecule has 1 aliphatic carbocycles. The Balaban J connectivity index is 2.03. The lowest BCUT2D eigenvalue weighted by Crippen LogP contribution is -2.24. The predicted molar refractivity (Wildman–Crippen MR) is 112 cm³/mol. The smallest absolute Gasteiger partial charge is 0.247 e. The van der Waals surface area contributed by atoms with Gasteiger partial charge in [0, 0.05) is 5.70 Å². The third-order valence-electron chi connectivity index (χ3n) is 4.03. The van der Waals surface area contributed by atoms with Gasteiger partial charge in [-0.05, 0) is 61.9 Å². The lowest BCUT2D eigenvalue weighted by molar-refractivity contribution is -0.115. The summed E-state index contributed by atoms with van der Waals surface area (Å²) >= 11 is 0. The van der Waals surface area contributed by atoms with Crippen LogP contribution in [0.15, 0.2) is 95.1 Å². The van der Waals surface area contributed by atoms with E-state index in [9.17, 15) is 4.79 Å². The van der Waals surface area contributed by atoms with Crippen LogP contribution in [-0.2, 0) is 4.79 Å². The number of aliphatic imine (C=N–C) groups is 2. The highest BCUT2D eigenvalue weighted by molar-refractivity contribution is 6.52. The molecule has 1 N–H and O–H groups in total. The molecule has 2 aromatic rings. The van der Waals surface area contributed by atoms with Crippen LogP contribution in [0.5, 0.6) is 0 Å². The summed E-state index contributed by atoms with van der Waals surface area (Å²) in [5.41, 5.74) is 6.09. The van der Waals surface area contributed by atoms with Crippen LogP contribution < -0.4 is 5.32 Å². The summed E-state index contributed by atoms with van der Waals surface area (Å²) in [4.78, 5) is 21.1. The number of hydrogen-bond acceptors (Lipinski definition) is 3. The largest absolute Gasteiger partial charge is 0.322 e. The highest BCUT2D eigenvalue weighted by Gasteiger charge is 2.13. The van der Waals surface area contributed by atoms with Crippen molar-refractivity contribution in [3.05, 3.63) is 96.2 Å². The zero-order valence-corrected chi connectivity index (χ0v) is 15.4. The first-order chi connectivity index (χ1) is 13.0. The Morgan fingerprint density at radius 1 is 1.00 bits per heavy atom. The number of rotatable bonds is 4. The fraction of sp³-hybridized carbons (Fsp3) is 0.0870. The maximum absolute atomic E-state index is 11.6. The third-order valence-corrected chi connectivity index (χ3v) is 4.03. The monoisotopic (exact) mass is 355 g/mol. The maximum Gasteiger partial charge on any atom is 0.247 e. The number of carbonyl (C=O) groups is 1. The Morgan fingerprint density at radius 3 is 2.48 bits per heavy atom. The second-order valence-electron chi connectivity index (χ2n) is 6.25. The van der Waals surface area contributed by atoms with Crippen LogP contribution in [0.3, 0.4) is 0 Å². The van der Waals surface area contributed by atoms with Crippen LogP contribution >= 0.6 is 0 Å². The minimum atomic E-state index is -0.264. The Hall–Kier alpha value is -3.53. The SMILES string of the molecule is C=CC(=O)NC1=CC(=Nc2ccccc2)C(=Nc2ccc(C)cc2C)C=C1. The first kappa shape index (κ1) is 18.3. The number of aryl methyl sites for hydroxylation is 2. The van der Waals surface area contributed by atoms with E-state index in [2.05, 4.69) is 24.9 Å². The molecular weight excluding hydrogens is 334 g/mol. The Kier molecular flexibility index (Phi) is 5.57. The summed E-state index contributed by atoms with van der Waals surface area (Å²) in [5, 5.41) is 2.77. The minimum absolute atomic E-state index is 0.264. The van der Waals surface area contributed by atoms with E-state index in [-0.39, 0.29) is 5.91 Å². The van der Waals surface area contributed by atoms with Crippen LogP contribution in [-0.4, -0.2) is 17.3 Å². The molecule has 1 aliphatic rings. The average molecular weight is 355 g/mol. The molecule has 0 unspecified atom stereocenters. The molecule has 0 saturated carbocycles. The van der Waals surface area contributed by atoms with Gasteiger partial charge in [-0.3, -0.25) is 4.79 Å². The number of carbonyl (C=O) groups excluding carboxylic acids is 1. The number of allylic oxidation sites excluding steroid dienone is 3. The molecule has 0 bridgehead atoms. The number of para-hydroxylation sites is 1. The van der Waals surface area contributed by atoms with E-state index in [4.69, 9.17) is 9.98 Å². The summed E-state index contributed by atoms with van der Waals surface area (Å²) in [5.74, 6) is -0.264. The number of benzene rings is 2. The van der Waals surface area contributed by atoms with E-state index in [0.29, 0.717) is 11.4 Å². The zero-order valence-electron chi connectivity index (χ0n) is 15.4. The van der Waals surface area contributed by atoms with Gasteiger partial charge in [-0.2, -0.15) is 0 Å². The lowest BCUT2D eigenvalue weighted by Gasteiger charge is -2.13. The first-order valence-corrected chi connectivity index (χ1v) is 8.68. The maximum atomic E-state index is 11.6. The van der Waals surface area contributed by atoms with Crippen LogP contribution in [0, 0.1) is 13.8 Å². The van der Waals surface area contributed by atoms with E-state index >= 15 is 0 Å². The van der Waals surface area contributed by atoms with E-state index in [1.54, 1.807) is 0 Å². The Morgan fingerprint density at radius 2 is 1.78 bits per heavy atom. The van der Waals surface area contributed by atoms with Crippen molar-refractivity contribution in [2.45, 2.75) is 13.8 Å². The van der Waals surface area contributed by atoms with Crippen molar-refractivity contribution < 1.29 is 4.79 Å². The van der Waals surface area contributed by atoms with Gasteiger partial charge in [-0.15, -0.1) is 0 Å². The molecule has 0 fully saturated rings. The van der Waals surface area contributed by atoms with Gasteiger partial charge in [0.15, 0.2) is 0 Å². The molecule has 134 valence electrons. The summed E-state index contributed by atoms with van der Waals surface area (Å²) < 4.78 is 0. The molecule has 0 aromatic heterocycles. The molecule has 0 heterocycles. The second kappa shape index (κ2) is 8.23. The van der Waals surface area contributed by atoms with Crippen LogP contribution in [0.25, 0.3) is 0 Å². The molecule has 0 atom stereocenters. The predicted octanol–water partition coefficient (Wildman–Crippen LogP) is 4.90. The summed E-state index contributed by atoms with van der Waals surface area (Å²) in [7, 11) is 0. The van der Waals surface area contributed by atoms with Gasteiger partial charge in [-0.1, -0.05) is 42.5 Å². The number of hydrogen-bond donors (Lipinski definition) is 1. The number of nitrogens with one attached hydrogen (secondary N) is 1. The van der Waals surface area contributed by atoms with Crippen molar-refractivity contribution in [3.8, 4) is 0 Å². The average Bonchev–Trinajstić information content (AvgIpc) is 2.66. The second-order valence-corrected chi connectivity index (χ2v) is 6.25. The van der Waals surface area contributed by atoms with Gasteiger partial charge in [0.25, 0.3) is 0 Å². The summed E-state index contributed by atoms with van der Waals surface area (Å²) in [6.07, 6.45) is 6.73. The normalized spacial score (nSPS) is 16.3. The molecule has 1 amide bonds. The minimum Gasteiger partial charge on any atom is -0.322 e. The van der Waals surface area contributed by atoms with Crippen molar-refractivity contribution in [3.63, 3.8) is 0 Å². The van der Waals surface area contributed by atoms with Gasteiger partial charge in [0.1, 0.15) is 0 Å². The van der Waals surface area contributed by atoms with Gasteiger partial charge in [0.2, 0.25) is 5.91 Å². The topological polar surface area (TPSA) is 53.8 Å². The highest BCUT2D eigenvalue weighted by atomic mass is 16.1. The molecular formula is C23H21N3O. The molecule has 0 spiro atoms. The van der Waals surface area contributed by atoms with Crippen molar-refractivity contribution >= 4 is 28.7 Å². The molecule has 0 aliphatic heterocycles. The molecule has 0 radical (unpaired) electrons.